The number of amides is 1. The standard InChI is InChI=1S/C9H20N2O7S2/c1-9(2,7-20(16,17)18)11-8(12)3-4-10-5-6-19(13,14)15/h10H,3-7H2,1-2H3,(H,11,12)(H,13,14,15)(H,16,17,18). The van der Waals surface area contributed by atoms with Gasteiger partial charge in [0.25, 0.3) is 20.2 Å². The summed E-state index contributed by atoms with van der Waals surface area (Å²) in [7, 11) is -8.23. The van der Waals surface area contributed by atoms with Crippen LogP contribution in [0.15, 0.2) is 0 Å². The molecule has 120 valence electrons. The van der Waals surface area contributed by atoms with Gasteiger partial charge in [-0.2, -0.15) is 16.8 Å². The van der Waals surface area contributed by atoms with E-state index in [0.717, 1.165) is 0 Å². The molecule has 0 radical (unpaired) electrons. The predicted molar refractivity (Wildman–Crippen MR) is 72.5 cm³/mol. The topological polar surface area (TPSA) is 150 Å². The van der Waals surface area contributed by atoms with Gasteiger partial charge in [-0.1, -0.05) is 0 Å². The van der Waals surface area contributed by atoms with Crippen molar-refractivity contribution in [1.29, 1.82) is 0 Å². The lowest BCUT2D eigenvalue weighted by atomic mass is 10.1. The van der Waals surface area contributed by atoms with Gasteiger partial charge in [0.1, 0.15) is 0 Å². The molecule has 0 fully saturated rings. The number of rotatable bonds is 9. The van der Waals surface area contributed by atoms with E-state index in [-0.39, 0.29) is 19.5 Å². The smallest absolute Gasteiger partial charge is 0.267 e. The van der Waals surface area contributed by atoms with Gasteiger partial charge in [-0.05, 0) is 13.8 Å². The number of carbonyl (C=O) groups excluding carboxylic acids is 1. The second-order valence-electron chi connectivity index (χ2n) is 4.94. The maximum absolute atomic E-state index is 11.5. The fourth-order valence-corrected chi connectivity index (χ4v) is 2.85. The predicted octanol–water partition coefficient (Wildman–Crippen LogP) is -1.36. The van der Waals surface area contributed by atoms with E-state index in [2.05, 4.69) is 10.6 Å². The normalized spacial score (nSPS) is 13.2. The first-order valence-corrected chi connectivity index (χ1v) is 8.95. The van der Waals surface area contributed by atoms with E-state index >= 15 is 0 Å². The fourth-order valence-electron chi connectivity index (χ4n) is 1.46. The van der Waals surface area contributed by atoms with E-state index < -0.39 is 43.2 Å². The SMILES string of the molecule is CC(C)(CS(=O)(=O)O)NC(=O)CCNCCS(=O)(=O)O. The van der Waals surface area contributed by atoms with E-state index in [0.29, 0.717) is 0 Å². The zero-order valence-electron chi connectivity index (χ0n) is 11.3. The molecule has 0 heterocycles. The van der Waals surface area contributed by atoms with Crippen LogP contribution in [-0.4, -0.2) is 62.0 Å². The summed E-state index contributed by atoms with van der Waals surface area (Å²) in [5, 5.41) is 5.07. The van der Waals surface area contributed by atoms with Crippen LogP contribution >= 0.6 is 0 Å². The van der Waals surface area contributed by atoms with Gasteiger partial charge in [0.2, 0.25) is 5.91 Å². The number of carbonyl (C=O) groups is 1. The average Bonchev–Trinajstić information content (AvgIpc) is 2.09. The third-order valence-corrected chi connectivity index (χ3v) is 3.89. The maximum atomic E-state index is 11.5. The summed E-state index contributed by atoms with van der Waals surface area (Å²) in [5.74, 6) is -1.51. The maximum Gasteiger partial charge on any atom is 0.267 e. The molecule has 0 rings (SSSR count). The molecule has 0 aliphatic heterocycles. The van der Waals surface area contributed by atoms with Crippen molar-refractivity contribution >= 4 is 26.1 Å². The second-order valence-corrected chi connectivity index (χ2v) is 7.97. The monoisotopic (exact) mass is 332 g/mol. The van der Waals surface area contributed by atoms with Crippen molar-refractivity contribution in [2.75, 3.05) is 24.6 Å². The van der Waals surface area contributed by atoms with Gasteiger partial charge in [-0.3, -0.25) is 13.9 Å². The first-order valence-electron chi connectivity index (χ1n) is 5.73. The summed E-state index contributed by atoms with van der Waals surface area (Å²) in [6.45, 7) is 3.07. The molecule has 1 amide bonds. The van der Waals surface area contributed by atoms with Crippen molar-refractivity contribution in [1.82, 2.24) is 10.6 Å². The average molecular weight is 332 g/mol. The van der Waals surface area contributed by atoms with Crippen molar-refractivity contribution in [2.24, 2.45) is 0 Å². The highest BCUT2D eigenvalue weighted by atomic mass is 32.2. The second kappa shape index (κ2) is 7.31. The lowest BCUT2D eigenvalue weighted by molar-refractivity contribution is -0.122. The summed E-state index contributed by atoms with van der Waals surface area (Å²) in [4.78, 5) is 11.5. The van der Waals surface area contributed by atoms with E-state index in [1.165, 1.54) is 13.8 Å². The van der Waals surface area contributed by atoms with E-state index in [4.69, 9.17) is 9.11 Å². The molecule has 0 aromatic carbocycles. The molecule has 0 aromatic rings. The van der Waals surface area contributed by atoms with Gasteiger partial charge in [0.15, 0.2) is 0 Å². The summed E-state index contributed by atoms with van der Waals surface area (Å²) >= 11 is 0. The highest BCUT2D eigenvalue weighted by molar-refractivity contribution is 7.86. The quantitative estimate of drug-likeness (QED) is 0.298. The van der Waals surface area contributed by atoms with E-state index in [9.17, 15) is 21.6 Å². The minimum absolute atomic E-state index is 0.000379. The Morgan fingerprint density at radius 3 is 2.05 bits per heavy atom. The molecule has 0 bridgehead atoms. The van der Waals surface area contributed by atoms with Crippen LogP contribution in [0.5, 0.6) is 0 Å². The third-order valence-electron chi connectivity index (χ3n) is 2.09. The highest BCUT2D eigenvalue weighted by Gasteiger charge is 2.26. The Kier molecular flexibility index (Phi) is 7.04. The van der Waals surface area contributed by atoms with Crippen LogP contribution in [-0.2, 0) is 25.0 Å². The number of hydrogen-bond donors (Lipinski definition) is 4. The Morgan fingerprint density at radius 1 is 1.05 bits per heavy atom. The number of nitrogens with one attached hydrogen (secondary N) is 2. The molecule has 0 unspecified atom stereocenters. The van der Waals surface area contributed by atoms with Crippen molar-refractivity contribution in [3.8, 4) is 0 Å². The lowest BCUT2D eigenvalue weighted by Gasteiger charge is -2.24. The molecule has 20 heavy (non-hydrogen) atoms. The zero-order valence-corrected chi connectivity index (χ0v) is 12.9. The molecule has 0 atom stereocenters. The number of hydrogen-bond acceptors (Lipinski definition) is 6. The van der Waals surface area contributed by atoms with Crippen LogP contribution in [0.3, 0.4) is 0 Å². The molecule has 4 N–H and O–H groups in total. The minimum atomic E-state index is -4.20. The molecule has 0 aromatic heterocycles. The van der Waals surface area contributed by atoms with Crippen molar-refractivity contribution in [3.05, 3.63) is 0 Å². The van der Waals surface area contributed by atoms with Crippen molar-refractivity contribution in [3.63, 3.8) is 0 Å². The van der Waals surface area contributed by atoms with Crippen LogP contribution in [0.4, 0.5) is 0 Å². The first-order chi connectivity index (χ1) is 8.81. The Labute approximate surface area is 118 Å². The summed E-state index contributed by atoms with van der Waals surface area (Å²) in [6.07, 6.45) is 0.000379. The largest absolute Gasteiger partial charge is 0.350 e. The van der Waals surface area contributed by atoms with Crippen molar-refractivity contribution in [2.45, 2.75) is 25.8 Å². The van der Waals surface area contributed by atoms with Gasteiger partial charge >= 0.3 is 0 Å². The molecule has 0 spiro atoms. The van der Waals surface area contributed by atoms with Gasteiger partial charge in [-0.15, -0.1) is 0 Å². The van der Waals surface area contributed by atoms with Gasteiger partial charge in [0, 0.05) is 19.5 Å². The van der Waals surface area contributed by atoms with E-state index in [1.807, 2.05) is 0 Å². The summed E-state index contributed by atoms with van der Waals surface area (Å²) < 4.78 is 59.5. The Morgan fingerprint density at radius 2 is 1.60 bits per heavy atom. The molecule has 0 saturated heterocycles. The zero-order chi connectivity index (χ0) is 16.0. The molecule has 0 aliphatic rings. The van der Waals surface area contributed by atoms with Crippen LogP contribution in [0.2, 0.25) is 0 Å². The van der Waals surface area contributed by atoms with Gasteiger partial charge in [0.05, 0.1) is 17.0 Å². The third kappa shape index (κ3) is 12.3. The molecular weight excluding hydrogens is 312 g/mol. The highest BCUT2D eigenvalue weighted by Crippen LogP contribution is 2.05. The Hall–Kier alpha value is -0.750. The fraction of sp³-hybridized carbons (Fsp3) is 0.889. The molecule has 9 nitrogen and oxygen atoms in total. The summed E-state index contributed by atoms with van der Waals surface area (Å²) in [5.41, 5.74) is -1.11. The van der Waals surface area contributed by atoms with Crippen LogP contribution < -0.4 is 10.6 Å². The summed E-state index contributed by atoms with van der Waals surface area (Å²) in [6, 6.07) is 0. The Bertz CT molecular complexity index is 524. The minimum Gasteiger partial charge on any atom is -0.350 e. The van der Waals surface area contributed by atoms with Crippen LogP contribution in [0.25, 0.3) is 0 Å². The van der Waals surface area contributed by atoms with Crippen LogP contribution in [0.1, 0.15) is 20.3 Å². The van der Waals surface area contributed by atoms with Gasteiger partial charge in [-0.25, -0.2) is 0 Å². The van der Waals surface area contributed by atoms with E-state index in [1.54, 1.807) is 0 Å². The Balaban J connectivity index is 4.00. The molecule has 0 aliphatic carbocycles. The lowest BCUT2D eigenvalue weighted by Crippen LogP contribution is -2.48. The molecule has 11 heteroatoms. The first kappa shape index (κ1) is 19.2. The molecular formula is C9H20N2O7S2. The van der Waals surface area contributed by atoms with Crippen molar-refractivity contribution < 1.29 is 30.7 Å². The van der Waals surface area contributed by atoms with Crippen LogP contribution in [0, 0.1) is 0 Å². The van der Waals surface area contributed by atoms with Gasteiger partial charge < -0.3 is 10.6 Å². The molecule has 0 saturated carbocycles.